The maximum atomic E-state index is 16.1. The van der Waals surface area contributed by atoms with E-state index in [2.05, 4.69) is 11.6 Å². The van der Waals surface area contributed by atoms with Crippen molar-refractivity contribution in [1.29, 1.82) is 0 Å². The van der Waals surface area contributed by atoms with Crippen LogP contribution in [-0.4, -0.2) is 62.0 Å². The molecule has 6 aromatic rings. The van der Waals surface area contributed by atoms with Crippen molar-refractivity contribution in [2.24, 2.45) is 7.05 Å². The Morgan fingerprint density at radius 3 is 2.72 bits per heavy atom. The van der Waals surface area contributed by atoms with Crippen LogP contribution in [0.4, 0.5) is 8.78 Å². The molecule has 0 bridgehead atoms. The molecule has 0 radical (unpaired) electrons. The maximum Gasteiger partial charge on any atom is 0.246 e. The van der Waals surface area contributed by atoms with Gasteiger partial charge in [-0.15, -0.1) is 0 Å². The molecule has 12 heteroatoms. The van der Waals surface area contributed by atoms with Crippen molar-refractivity contribution >= 4 is 27.9 Å². The number of rotatable bonds is 8. The highest BCUT2D eigenvalue weighted by Crippen LogP contribution is 2.46. The zero-order valence-electron chi connectivity index (χ0n) is 26.3. The molecule has 10 nitrogen and oxygen atoms in total. The molecule has 0 aliphatic carbocycles. The number of nitrogens with zero attached hydrogens (tertiary/aromatic N) is 6. The lowest BCUT2D eigenvalue weighted by molar-refractivity contribution is -0.129. The molecule has 0 unspecified atom stereocenters. The van der Waals surface area contributed by atoms with Crippen LogP contribution < -0.4 is 4.74 Å². The maximum absolute atomic E-state index is 16.1. The third kappa shape index (κ3) is 5.05. The van der Waals surface area contributed by atoms with Crippen molar-refractivity contribution < 1.29 is 27.5 Å². The van der Waals surface area contributed by atoms with E-state index in [1.54, 1.807) is 17.3 Å². The van der Waals surface area contributed by atoms with Crippen molar-refractivity contribution in [2.75, 3.05) is 26.9 Å². The minimum atomic E-state index is -0.834. The number of hydrogen-bond donors (Lipinski definition) is 0. The van der Waals surface area contributed by atoms with Crippen molar-refractivity contribution in [3.8, 4) is 39.5 Å². The smallest absolute Gasteiger partial charge is 0.246 e. The van der Waals surface area contributed by atoms with Crippen molar-refractivity contribution in [1.82, 2.24) is 29.2 Å². The van der Waals surface area contributed by atoms with E-state index in [-0.39, 0.29) is 42.5 Å². The van der Waals surface area contributed by atoms with E-state index in [0.29, 0.717) is 40.2 Å². The molecule has 47 heavy (non-hydrogen) atoms. The molecule has 2 aromatic carbocycles. The summed E-state index contributed by atoms with van der Waals surface area (Å²) >= 11 is 0. The first-order valence-electron chi connectivity index (χ1n) is 15.2. The highest BCUT2D eigenvalue weighted by molar-refractivity contribution is 6.07. The Balaban J connectivity index is 1.52. The molecule has 240 valence electrons. The Kier molecular flexibility index (Phi) is 7.59. The minimum Gasteiger partial charge on any atom is -0.490 e. The van der Waals surface area contributed by atoms with Crippen molar-refractivity contribution in [3.63, 3.8) is 0 Å². The number of hydrogen-bond acceptors (Lipinski definition) is 7. The van der Waals surface area contributed by atoms with Gasteiger partial charge in [0.15, 0.2) is 5.58 Å². The monoisotopic (exact) mass is 638 g/mol. The lowest BCUT2D eigenvalue weighted by atomic mass is 9.94. The van der Waals surface area contributed by atoms with Crippen LogP contribution in [-0.2, 0) is 16.6 Å². The lowest BCUT2D eigenvalue weighted by Gasteiger charge is -2.36. The summed E-state index contributed by atoms with van der Waals surface area (Å²) in [6.07, 6.45) is 4.55. The fourth-order valence-electron chi connectivity index (χ4n) is 6.36. The van der Waals surface area contributed by atoms with Gasteiger partial charge in [-0.05, 0) is 44.2 Å². The van der Waals surface area contributed by atoms with Gasteiger partial charge in [-0.3, -0.25) is 9.48 Å². The summed E-state index contributed by atoms with van der Waals surface area (Å²) in [7, 11) is 3.43. The third-order valence-corrected chi connectivity index (χ3v) is 8.66. The molecule has 4 aromatic heterocycles. The van der Waals surface area contributed by atoms with Gasteiger partial charge in [0.1, 0.15) is 41.1 Å². The number of halogens is 2. The Bertz CT molecular complexity index is 2180. The highest BCUT2D eigenvalue weighted by atomic mass is 19.1. The summed E-state index contributed by atoms with van der Waals surface area (Å²) in [5.74, 6) is -1.82. The zero-order chi connectivity index (χ0) is 33.0. The molecule has 7 rings (SSSR count). The molecule has 0 N–H and O–H groups in total. The molecule has 2 atom stereocenters. The number of carbonyl (C=O) groups excluding carboxylic acids is 1. The topological polar surface area (TPSA) is 100 Å². The van der Waals surface area contributed by atoms with Crippen LogP contribution in [0.2, 0.25) is 0 Å². The van der Waals surface area contributed by atoms with Crippen LogP contribution in [0, 0.1) is 11.6 Å². The number of aryl methyl sites for hydroxylation is 1. The van der Waals surface area contributed by atoms with Gasteiger partial charge in [0.05, 0.1) is 53.6 Å². The predicted molar refractivity (Wildman–Crippen MR) is 173 cm³/mol. The van der Waals surface area contributed by atoms with E-state index in [0.717, 1.165) is 34.4 Å². The summed E-state index contributed by atoms with van der Waals surface area (Å²) in [5, 5.41) is 5.51. The van der Waals surface area contributed by atoms with Crippen molar-refractivity contribution in [3.05, 3.63) is 85.0 Å². The first kappa shape index (κ1) is 30.3. The number of carbonyl (C=O) groups is 1. The second kappa shape index (κ2) is 11.8. The minimum absolute atomic E-state index is 0.0126. The number of benzene rings is 2. The van der Waals surface area contributed by atoms with Crippen LogP contribution >= 0.6 is 0 Å². The number of imidazole rings is 1. The number of amides is 1. The second-order valence-electron chi connectivity index (χ2n) is 11.6. The summed E-state index contributed by atoms with van der Waals surface area (Å²) < 4.78 is 51.5. The van der Waals surface area contributed by atoms with Gasteiger partial charge < -0.3 is 23.4 Å². The molecular weight excluding hydrogens is 606 g/mol. The summed E-state index contributed by atoms with van der Waals surface area (Å²) in [4.78, 5) is 24.1. The van der Waals surface area contributed by atoms with E-state index in [1.807, 2.05) is 54.4 Å². The van der Waals surface area contributed by atoms with Gasteiger partial charge in [0.2, 0.25) is 5.91 Å². The molecule has 0 saturated heterocycles. The average molecular weight is 639 g/mol. The number of methoxy groups -OCH3 is 1. The number of furan rings is 1. The van der Waals surface area contributed by atoms with Gasteiger partial charge in [-0.2, -0.15) is 5.10 Å². The van der Waals surface area contributed by atoms with Crippen LogP contribution in [0.25, 0.3) is 55.8 Å². The molecule has 0 saturated carbocycles. The highest BCUT2D eigenvalue weighted by Gasteiger charge is 2.34. The fourth-order valence-corrected chi connectivity index (χ4v) is 6.36. The largest absolute Gasteiger partial charge is 0.490 e. The van der Waals surface area contributed by atoms with E-state index in [1.165, 1.54) is 19.4 Å². The first-order chi connectivity index (χ1) is 22.7. The zero-order valence-corrected chi connectivity index (χ0v) is 26.3. The number of pyridine rings is 1. The number of ether oxygens (including phenoxy) is 2. The fraction of sp³-hybridized carbons (Fsp3) is 0.257. The summed E-state index contributed by atoms with van der Waals surface area (Å²) in [5.41, 5.74) is 5.23. The van der Waals surface area contributed by atoms with Crippen molar-refractivity contribution in [2.45, 2.75) is 25.9 Å². The molecule has 1 aliphatic heterocycles. The Labute approximate surface area is 268 Å². The predicted octanol–water partition coefficient (Wildman–Crippen LogP) is 6.87. The van der Waals surface area contributed by atoms with Crippen LogP contribution in [0.15, 0.2) is 72.1 Å². The Hall–Kier alpha value is -5.36. The van der Waals surface area contributed by atoms with Crippen LogP contribution in [0.5, 0.6) is 5.75 Å². The molecule has 0 spiro atoms. The Morgan fingerprint density at radius 2 is 1.94 bits per heavy atom. The van der Waals surface area contributed by atoms with Gasteiger partial charge in [-0.25, -0.2) is 18.7 Å². The van der Waals surface area contributed by atoms with E-state index < -0.39 is 11.6 Å². The molecule has 1 aliphatic rings. The second-order valence-corrected chi connectivity index (χ2v) is 11.6. The lowest BCUT2D eigenvalue weighted by Crippen LogP contribution is -2.42. The number of fused-ring (bicyclic) bond motifs is 3. The summed E-state index contributed by atoms with van der Waals surface area (Å²) in [6, 6.07) is 10.9. The quantitative estimate of drug-likeness (QED) is 0.133. The van der Waals surface area contributed by atoms with Crippen LogP contribution in [0.1, 0.15) is 31.6 Å². The molecule has 1 amide bonds. The third-order valence-electron chi connectivity index (χ3n) is 8.66. The average Bonchev–Trinajstić information content (AvgIpc) is 3.81. The Morgan fingerprint density at radius 1 is 1.11 bits per heavy atom. The molecular formula is C35H32F2N6O4. The SMILES string of the molecule is C=CC(=O)N1C[C@H](C)n2nc(-c3nc(-c4ccc5c(c4)ncn5C)c4occc4c3-c3c(F)cc(F)cc3OCCOC)cc2[C@H]1C. The van der Waals surface area contributed by atoms with Gasteiger partial charge in [0.25, 0.3) is 0 Å². The van der Waals surface area contributed by atoms with E-state index >= 15 is 4.39 Å². The number of aromatic nitrogens is 5. The van der Waals surface area contributed by atoms with Gasteiger partial charge in [0, 0.05) is 49.3 Å². The van der Waals surface area contributed by atoms with E-state index in [9.17, 15) is 9.18 Å². The van der Waals surface area contributed by atoms with Gasteiger partial charge in [-0.1, -0.05) is 12.6 Å². The molecule has 5 heterocycles. The van der Waals surface area contributed by atoms with Gasteiger partial charge >= 0.3 is 0 Å². The van der Waals surface area contributed by atoms with Crippen LogP contribution in [0.3, 0.4) is 0 Å². The first-order valence-corrected chi connectivity index (χ1v) is 15.2. The van der Waals surface area contributed by atoms with E-state index in [4.69, 9.17) is 24.0 Å². The molecule has 0 fully saturated rings. The summed E-state index contributed by atoms with van der Waals surface area (Å²) in [6.45, 7) is 8.26. The normalized spacial score (nSPS) is 16.2. The standard InChI is InChI=1S/C35H32F2N6O4/c1-6-30(44)42-17-19(2)43-28(20(42)3)16-26(40-43)34-31(32-24(37)14-22(36)15-29(32)46-12-11-45-5)23-9-10-47-35(23)33(39-34)21-7-8-27-25(13-21)38-18-41(27)4/h6-10,13-16,18-20H,1,11-12,17H2,2-5H3/t19-,20+/m0/s1.